The first-order valence-electron chi connectivity index (χ1n) is 11.8. The van der Waals surface area contributed by atoms with Crippen LogP contribution in [0.4, 0.5) is 4.79 Å². The highest BCUT2D eigenvalue weighted by molar-refractivity contribution is 5.89. The van der Waals surface area contributed by atoms with E-state index in [2.05, 4.69) is 34.9 Å². The number of amides is 2. The molecule has 0 spiro atoms. The highest BCUT2D eigenvalue weighted by atomic mass is 16.5. The number of ether oxygens (including phenoxy) is 1. The minimum absolute atomic E-state index is 0.0683. The van der Waals surface area contributed by atoms with Crippen molar-refractivity contribution in [1.82, 2.24) is 15.5 Å². The van der Waals surface area contributed by atoms with E-state index in [0.29, 0.717) is 25.0 Å². The SMILES string of the molecule is CN(C)CCC(NC(=O)OCC1c2ccccc2-c2ccccc21)C(=O)NC1CC=C(C(=O)O)C1. The lowest BCUT2D eigenvalue weighted by molar-refractivity contribution is -0.133. The summed E-state index contributed by atoms with van der Waals surface area (Å²) in [7, 11) is 3.78. The highest BCUT2D eigenvalue weighted by Crippen LogP contribution is 2.44. The second kappa shape index (κ2) is 10.7. The Bertz CT molecular complexity index is 1100. The number of carboxylic acids is 1. The first-order valence-corrected chi connectivity index (χ1v) is 11.8. The molecule has 2 aromatic carbocycles. The van der Waals surface area contributed by atoms with E-state index in [4.69, 9.17) is 9.84 Å². The molecule has 35 heavy (non-hydrogen) atoms. The van der Waals surface area contributed by atoms with Gasteiger partial charge in [-0.05, 0) is 62.2 Å². The number of nitrogens with one attached hydrogen (secondary N) is 2. The summed E-state index contributed by atoms with van der Waals surface area (Å²) < 4.78 is 5.61. The Hall–Kier alpha value is -3.65. The van der Waals surface area contributed by atoms with Gasteiger partial charge in [-0.3, -0.25) is 4.79 Å². The van der Waals surface area contributed by atoms with Gasteiger partial charge in [0.1, 0.15) is 12.6 Å². The molecule has 4 rings (SSSR count). The molecule has 2 aliphatic rings. The summed E-state index contributed by atoms with van der Waals surface area (Å²) in [5.41, 5.74) is 4.82. The first-order chi connectivity index (χ1) is 16.8. The lowest BCUT2D eigenvalue weighted by atomic mass is 9.98. The third-order valence-corrected chi connectivity index (χ3v) is 6.55. The third-order valence-electron chi connectivity index (χ3n) is 6.55. The molecule has 0 bridgehead atoms. The second-order valence-electron chi connectivity index (χ2n) is 9.29. The van der Waals surface area contributed by atoms with Crippen LogP contribution >= 0.6 is 0 Å². The molecule has 0 saturated carbocycles. The van der Waals surface area contributed by atoms with Crippen molar-refractivity contribution in [2.45, 2.75) is 37.3 Å². The molecular weight excluding hydrogens is 446 g/mol. The molecule has 0 fully saturated rings. The second-order valence-corrected chi connectivity index (χ2v) is 9.29. The Morgan fingerprint density at radius 2 is 1.69 bits per heavy atom. The topological polar surface area (TPSA) is 108 Å². The van der Waals surface area contributed by atoms with Crippen LogP contribution in [-0.2, 0) is 14.3 Å². The molecular formula is C27H31N3O5. The monoisotopic (exact) mass is 477 g/mol. The molecule has 8 nitrogen and oxygen atoms in total. The van der Waals surface area contributed by atoms with Crippen molar-refractivity contribution in [2.24, 2.45) is 0 Å². The average Bonchev–Trinajstić information content (AvgIpc) is 3.43. The first kappa shape index (κ1) is 24.5. The van der Waals surface area contributed by atoms with Crippen LogP contribution in [0.5, 0.6) is 0 Å². The summed E-state index contributed by atoms with van der Waals surface area (Å²) in [6.07, 6.45) is 2.10. The van der Waals surface area contributed by atoms with E-state index in [-0.39, 0.29) is 30.9 Å². The Morgan fingerprint density at radius 3 is 2.26 bits per heavy atom. The summed E-state index contributed by atoms with van der Waals surface area (Å²) in [6, 6.07) is 15.1. The summed E-state index contributed by atoms with van der Waals surface area (Å²) >= 11 is 0. The third kappa shape index (κ3) is 5.71. The molecule has 0 aromatic heterocycles. The van der Waals surface area contributed by atoms with Gasteiger partial charge in [0.2, 0.25) is 5.91 Å². The fourth-order valence-electron chi connectivity index (χ4n) is 4.74. The normalized spacial score (nSPS) is 17.3. The van der Waals surface area contributed by atoms with Crippen LogP contribution in [0, 0.1) is 0 Å². The van der Waals surface area contributed by atoms with Crippen LogP contribution in [-0.4, -0.2) is 67.3 Å². The Balaban J connectivity index is 1.37. The van der Waals surface area contributed by atoms with E-state index >= 15 is 0 Å². The van der Waals surface area contributed by atoms with Gasteiger partial charge < -0.3 is 25.4 Å². The van der Waals surface area contributed by atoms with E-state index < -0.39 is 18.1 Å². The van der Waals surface area contributed by atoms with Crippen molar-refractivity contribution in [3.8, 4) is 11.1 Å². The number of carbonyl (C=O) groups is 3. The number of carbonyl (C=O) groups excluding carboxylic acids is 2. The minimum atomic E-state index is -0.970. The van der Waals surface area contributed by atoms with Crippen molar-refractivity contribution in [3.63, 3.8) is 0 Å². The maximum atomic E-state index is 12.9. The fourth-order valence-corrected chi connectivity index (χ4v) is 4.74. The molecule has 2 amide bonds. The van der Waals surface area contributed by atoms with Crippen molar-refractivity contribution >= 4 is 18.0 Å². The summed E-state index contributed by atoms with van der Waals surface area (Å²) in [4.78, 5) is 38.8. The van der Waals surface area contributed by atoms with Gasteiger partial charge in [-0.1, -0.05) is 54.6 Å². The molecule has 0 saturated heterocycles. The summed E-state index contributed by atoms with van der Waals surface area (Å²) in [6.45, 7) is 0.751. The smallest absolute Gasteiger partial charge is 0.407 e. The number of aliphatic carboxylic acids is 1. The minimum Gasteiger partial charge on any atom is -0.478 e. The van der Waals surface area contributed by atoms with Gasteiger partial charge in [-0.15, -0.1) is 0 Å². The van der Waals surface area contributed by atoms with Gasteiger partial charge in [0, 0.05) is 17.5 Å². The molecule has 0 radical (unpaired) electrons. The molecule has 2 unspecified atom stereocenters. The lowest BCUT2D eigenvalue weighted by Gasteiger charge is -2.23. The van der Waals surface area contributed by atoms with Crippen LogP contribution in [0.25, 0.3) is 11.1 Å². The molecule has 0 aliphatic heterocycles. The number of nitrogens with zero attached hydrogens (tertiary/aromatic N) is 1. The van der Waals surface area contributed by atoms with Gasteiger partial charge in [-0.25, -0.2) is 9.59 Å². The van der Waals surface area contributed by atoms with Crippen LogP contribution in [0.15, 0.2) is 60.2 Å². The molecule has 0 heterocycles. The van der Waals surface area contributed by atoms with Gasteiger partial charge in [0.15, 0.2) is 0 Å². The number of carboxylic acid groups (broad SMARTS) is 1. The number of hydrogen-bond donors (Lipinski definition) is 3. The molecule has 2 aliphatic carbocycles. The van der Waals surface area contributed by atoms with Gasteiger partial charge in [0.05, 0.1) is 0 Å². The zero-order chi connectivity index (χ0) is 24.9. The Kier molecular flexibility index (Phi) is 7.51. The van der Waals surface area contributed by atoms with Crippen LogP contribution in [0.2, 0.25) is 0 Å². The zero-order valence-electron chi connectivity index (χ0n) is 20.0. The van der Waals surface area contributed by atoms with Crippen LogP contribution < -0.4 is 10.6 Å². The quantitative estimate of drug-likeness (QED) is 0.512. The summed E-state index contributed by atoms with van der Waals surface area (Å²) in [5.74, 6) is -1.38. The number of alkyl carbamates (subject to hydrolysis) is 1. The van der Waals surface area contributed by atoms with Crippen molar-refractivity contribution in [1.29, 1.82) is 0 Å². The van der Waals surface area contributed by atoms with E-state index in [0.717, 1.165) is 22.3 Å². The number of fused-ring (bicyclic) bond motifs is 3. The maximum absolute atomic E-state index is 12.9. The predicted molar refractivity (Wildman–Crippen MR) is 132 cm³/mol. The largest absolute Gasteiger partial charge is 0.478 e. The Morgan fingerprint density at radius 1 is 1.06 bits per heavy atom. The van der Waals surface area contributed by atoms with Gasteiger partial charge in [-0.2, -0.15) is 0 Å². The molecule has 8 heteroatoms. The summed E-state index contributed by atoms with van der Waals surface area (Å²) in [5, 5.41) is 14.7. The Labute approximate surface area is 205 Å². The number of benzene rings is 2. The standard InChI is InChI=1S/C27H31N3O5/c1-30(2)14-13-24(25(31)28-18-12-11-17(15-18)26(32)33)29-27(34)35-16-23-21-9-5-3-7-19(21)20-8-4-6-10-22(20)23/h3-11,18,23-24H,12-16H2,1-2H3,(H,28,31)(H,29,34)(H,32,33). The average molecular weight is 478 g/mol. The molecule has 184 valence electrons. The van der Waals surface area contributed by atoms with Gasteiger partial charge >= 0.3 is 12.1 Å². The predicted octanol–water partition coefficient (Wildman–Crippen LogP) is 3.14. The van der Waals surface area contributed by atoms with Crippen molar-refractivity contribution in [2.75, 3.05) is 27.2 Å². The van der Waals surface area contributed by atoms with Crippen LogP contribution in [0.1, 0.15) is 36.3 Å². The van der Waals surface area contributed by atoms with E-state index in [1.54, 1.807) is 6.08 Å². The van der Waals surface area contributed by atoms with Crippen molar-refractivity contribution < 1.29 is 24.2 Å². The fraction of sp³-hybridized carbons (Fsp3) is 0.370. The maximum Gasteiger partial charge on any atom is 0.407 e. The van der Waals surface area contributed by atoms with Crippen LogP contribution in [0.3, 0.4) is 0 Å². The molecule has 3 N–H and O–H groups in total. The highest BCUT2D eigenvalue weighted by Gasteiger charge is 2.31. The zero-order valence-corrected chi connectivity index (χ0v) is 20.0. The molecule has 2 atom stereocenters. The van der Waals surface area contributed by atoms with E-state index in [1.807, 2.05) is 43.3 Å². The number of hydrogen-bond acceptors (Lipinski definition) is 5. The number of rotatable bonds is 9. The van der Waals surface area contributed by atoms with Gasteiger partial charge in [0.25, 0.3) is 0 Å². The van der Waals surface area contributed by atoms with E-state index in [9.17, 15) is 14.4 Å². The van der Waals surface area contributed by atoms with E-state index in [1.165, 1.54) is 0 Å². The lowest BCUT2D eigenvalue weighted by Crippen LogP contribution is -2.50. The van der Waals surface area contributed by atoms with Crippen molar-refractivity contribution in [3.05, 3.63) is 71.3 Å². The molecule has 2 aromatic rings.